The lowest BCUT2D eigenvalue weighted by molar-refractivity contribution is -0.360. The first-order valence-electron chi connectivity index (χ1n) is 13.0. The first-order chi connectivity index (χ1) is 18.8. The van der Waals surface area contributed by atoms with Gasteiger partial charge in [0.2, 0.25) is 0 Å². The quantitative estimate of drug-likeness (QED) is 0.287. The summed E-state index contributed by atoms with van der Waals surface area (Å²) in [6.45, 7) is 3.71. The molecule has 6 atom stereocenters. The van der Waals surface area contributed by atoms with Gasteiger partial charge in [-0.2, -0.15) is 8.42 Å². The van der Waals surface area contributed by atoms with Crippen LogP contribution in [0, 0.1) is 0 Å². The summed E-state index contributed by atoms with van der Waals surface area (Å²) >= 11 is 0. The van der Waals surface area contributed by atoms with Gasteiger partial charge in [-0.1, -0.05) is 91.0 Å². The molecule has 39 heavy (non-hydrogen) atoms. The van der Waals surface area contributed by atoms with Crippen LogP contribution in [-0.2, 0) is 43.6 Å². The summed E-state index contributed by atoms with van der Waals surface area (Å²) in [6.07, 6.45) is -2.98. The predicted octanol–water partition coefficient (Wildman–Crippen LogP) is 4.23. The maximum Gasteiger partial charge on any atom is 0.264 e. The van der Waals surface area contributed by atoms with E-state index in [0.717, 1.165) is 22.9 Å². The van der Waals surface area contributed by atoms with E-state index in [2.05, 4.69) is 0 Å². The molecule has 0 amide bonds. The summed E-state index contributed by atoms with van der Waals surface area (Å²) < 4.78 is 61.2. The minimum atomic E-state index is -3.89. The van der Waals surface area contributed by atoms with Gasteiger partial charge in [0.1, 0.15) is 30.0 Å². The summed E-state index contributed by atoms with van der Waals surface area (Å²) in [7, 11) is -3.89. The molecule has 3 aromatic carbocycles. The second-order valence-corrected chi connectivity index (χ2v) is 11.4. The van der Waals surface area contributed by atoms with Crippen molar-refractivity contribution in [2.45, 2.75) is 56.4 Å². The van der Waals surface area contributed by atoms with Gasteiger partial charge >= 0.3 is 0 Å². The molecule has 0 bridgehead atoms. The molecule has 0 saturated carbocycles. The van der Waals surface area contributed by atoms with Gasteiger partial charge in [-0.25, -0.2) is 0 Å². The number of fused-ring (bicyclic) bond motifs is 1. The minimum absolute atomic E-state index is 0.120. The van der Waals surface area contributed by atoms with Gasteiger partial charge in [-0.15, -0.1) is 0 Å². The Morgan fingerprint density at radius 2 is 1.31 bits per heavy atom. The van der Waals surface area contributed by atoms with E-state index in [4.69, 9.17) is 27.9 Å². The molecule has 0 aromatic heterocycles. The fourth-order valence-corrected chi connectivity index (χ4v) is 5.95. The van der Waals surface area contributed by atoms with Gasteiger partial charge in [0.05, 0.1) is 19.5 Å². The Hall–Kier alpha value is -2.63. The van der Waals surface area contributed by atoms with Crippen LogP contribution in [0.5, 0.6) is 0 Å². The summed E-state index contributed by atoms with van der Waals surface area (Å²) in [5.74, 6) is 0. The van der Waals surface area contributed by atoms with Crippen molar-refractivity contribution in [2.24, 2.45) is 0 Å². The first-order valence-corrected chi connectivity index (χ1v) is 14.8. The maximum atomic E-state index is 12.5. The van der Waals surface area contributed by atoms with Gasteiger partial charge in [-0.05, 0) is 30.5 Å². The largest absolute Gasteiger partial charge is 0.358 e. The molecule has 0 spiro atoms. The van der Waals surface area contributed by atoms with E-state index in [1.54, 1.807) is 13.8 Å². The van der Waals surface area contributed by atoms with Crippen LogP contribution in [-0.4, -0.2) is 64.9 Å². The fraction of sp³-hybridized carbons (Fsp3) is 0.400. The molecule has 0 aliphatic carbocycles. The van der Waals surface area contributed by atoms with Crippen LogP contribution in [0.2, 0.25) is 0 Å². The Bertz CT molecular complexity index is 1210. The van der Waals surface area contributed by atoms with Gasteiger partial charge in [0, 0.05) is 0 Å². The van der Waals surface area contributed by atoms with Crippen molar-refractivity contribution in [3.05, 3.63) is 108 Å². The normalized spacial score (nSPS) is 26.5. The third kappa shape index (κ3) is 6.25. The average molecular weight is 555 g/mol. The zero-order valence-corrected chi connectivity index (χ0v) is 23.0. The van der Waals surface area contributed by atoms with Crippen LogP contribution in [0.1, 0.15) is 30.5 Å². The summed E-state index contributed by atoms with van der Waals surface area (Å²) in [4.78, 5) is 0. The molecule has 0 radical (unpaired) electrons. The van der Waals surface area contributed by atoms with E-state index >= 15 is 0 Å². The monoisotopic (exact) mass is 554 g/mol. The molecule has 208 valence electrons. The molecule has 2 aliphatic heterocycles. The molecule has 2 fully saturated rings. The molecular weight excluding hydrogens is 520 g/mol. The summed E-state index contributed by atoms with van der Waals surface area (Å²) in [5, 5.41) is 0. The average Bonchev–Trinajstić information content (AvgIpc) is 2.94. The number of hydrogen-bond acceptors (Lipinski definition) is 8. The third-order valence-corrected chi connectivity index (χ3v) is 7.52. The molecule has 2 saturated heterocycles. The van der Waals surface area contributed by atoms with Crippen LogP contribution in [0.3, 0.4) is 0 Å². The molecule has 5 rings (SSSR count). The van der Waals surface area contributed by atoms with E-state index in [9.17, 15) is 8.42 Å². The van der Waals surface area contributed by atoms with E-state index in [1.165, 1.54) is 0 Å². The van der Waals surface area contributed by atoms with Gasteiger partial charge in [0.25, 0.3) is 10.1 Å². The van der Waals surface area contributed by atoms with Crippen LogP contribution in [0.25, 0.3) is 0 Å². The Balaban J connectivity index is 1.58. The van der Waals surface area contributed by atoms with E-state index in [-0.39, 0.29) is 6.61 Å². The van der Waals surface area contributed by atoms with E-state index in [0.29, 0.717) is 6.61 Å². The van der Waals surface area contributed by atoms with Crippen LogP contribution >= 0.6 is 0 Å². The van der Waals surface area contributed by atoms with Crippen molar-refractivity contribution < 1.29 is 36.3 Å². The Morgan fingerprint density at radius 1 is 0.795 bits per heavy atom. The van der Waals surface area contributed by atoms with Gasteiger partial charge < -0.3 is 23.7 Å². The molecule has 0 unspecified atom stereocenters. The third-order valence-electron chi connectivity index (χ3n) is 6.92. The smallest absolute Gasteiger partial charge is 0.264 e. The van der Waals surface area contributed by atoms with Crippen LogP contribution in [0.15, 0.2) is 91.0 Å². The lowest BCUT2D eigenvalue weighted by Crippen LogP contribution is -2.61. The fourth-order valence-electron chi connectivity index (χ4n) is 5.33. The Labute approximate surface area is 229 Å². The lowest BCUT2D eigenvalue weighted by atomic mass is 9.80. The zero-order valence-electron chi connectivity index (χ0n) is 22.2. The second kappa shape index (κ2) is 11.9. The predicted molar refractivity (Wildman–Crippen MR) is 144 cm³/mol. The van der Waals surface area contributed by atoms with Crippen molar-refractivity contribution in [3.8, 4) is 0 Å². The lowest BCUT2D eigenvalue weighted by Gasteiger charge is -2.47. The molecule has 8 nitrogen and oxygen atoms in total. The highest BCUT2D eigenvalue weighted by molar-refractivity contribution is 7.86. The highest BCUT2D eigenvalue weighted by Gasteiger charge is 2.49. The van der Waals surface area contributed by atoms with Crippen molar-refractivity contribution in [3.63, 3.8) is 0 Å². The van der Waals surface area contributed by atoms with E-state index < -0.39 is 52.7 Å². The van der Waals surface area contributed by atoms with Gasteiger partial charge in [0.15, 0.2) is 12.6 Å². The molecular formula is C30H34O8S. The molecule has 2 aliphatic rings. The van der Waals surface area contributed by atoms with Crippen molar-refractivity contribution in [2.75, 3.05) is 19.5 Å². The highest BCUT2D eigenvalue weighted by atomic mass is 32.2. The number of hydrogen-bond donors (Lipinski definition) is 0. The number of rotatable bonds is 9. The summed E-state index contributed by atoms with van der Waals surface area (Å²) in [6, 6.07) is 29.5. The number of benzene rings is 3. The standard InChI is InChI=1S/C30H34O8S/c1-21-33-19-26-28(36-21)29(37-22(2)35-26)27(38-39(3,31)32)20-34-30(23-13-7-4-8-14-23,24-15-9-5-10-16-24)25-17-11-6-12-18-25/h4-18,21-22,26-29H,19-20H2,1-3H3/t21-,22+,26+,27+,28+,29-/m0/s1. The summed E-state index contributed by atoms with van der Waals surface area (Å²) in [5.41, 5.74) is 1.59. The van der Waals surface area contributed by atoms with Crippen molar-refractivity contribution >= 4 is 10.1 Å². The van der Waals surface area contributed by atoms with Crippen LogP contribution in [0.4, 0.5) is 0 Å². The topological polar surface area (TPSA) is 89.5 Å². The minimum Gasteiger partial charge on any atom is -0.358 e. The zero-order chi connectivity index (χ0) is 27.5. The Kier molecular flexibility index (Phi) is 8.49. The molecule has 0 N–H and O–H groups in total. The molecule has 2 heterocycles. The maximum absolute atomic E-state index is 12.5. The molecule has 3 aromatic rings. The van der Waals surface area contributed by atoms with Crippen molar-refractivity contribution in [1.29, 1.82) is 0 Å². The Morgan fingerprint density at radius 3 is 1.79 bits per heavy atom. The van der Waals surface area contributed by atoms with E-state index in [1.807, 2.05) is 91.0 Å². The second-order valence-electron chi connectivity index (χ2n) is 9.77. The van der Waals surface area contributed by atoms with Gasteiger partial charge in [-0.3, -0.25) is 4.18 Å². The molecule has 9 heteroatoms. The van der Waals surface area contributed by atoms with Crippen LogP contribution < -0.4 is 0 Å². The SMILES string of the molecule is C[C@H]1OC[C@H]2O[C@@H](C)O[C@@H]([C@@H](COC(c3ccccc3)(c3ccccc3)c3ccccc3)OS(C)(=O)=O)[C@@H]2O1. The van der Waals surface area contributed by atoms with Crippen molar-refractivity contribution in [1.82, 2.24) is 0 Å². The first kappa shape index (κ1) is 27.9. The highest BCUT2D eigenvalue weighted by Crippen LogP contribution is 2.41. The number of ether oxygens (including phenoxy) is 5.